The number of carbonyl (C=O) groups is 2. The van der Waals surface area contributed by atoms with Gasteiger partial charge in [-0.1, -0.05) is 32.0 Å². The first-order chi connectivity index (χ1) is 9.00. The summed E-state index contributed by atoms with van der Waals surface area (Å²) in [6.07, 6.45) is 0. The van der Waals surface area contributed by atoms with Gasteiger partial charge in [-0.05, 0) is 6.07 Å². The van der Waals surface area contributed by atoms with Crippen LogP contribution in [-0.2, 0) is 11.8 Å². The number of fused-ring (bicyclic) bond motifs is 1. The van der Waals surface area contributed by atoms with Gasteiger partial charge in [0.2, 0.25) is 0 Å². The summed E-state index contributed by atoms with van der Waals surface area (Å²) in [7, 11) is 1.79. The molecule has 0 atom stereocenters. The van der Waals surface area contributed by atoms with Crippen LogP contribution >= 0.6 is 0 Å². The largest absolute Gasteiger partial charge is 0.344 e. The number of hydrogen-bond donors (Lipinski definition) is 1. The number of rotatable bonds is 4. The molecular weight excluding hydrogens is 242 g/mol. The standard InChI is InChI=1S/C14H17N3O2/c1-9(2)12(18)8-15-14(19)13-10-6-4-5-7-11(10)17(3)16-13/h4-7,9H,8H2,1-3H3,(H,15,19). The van der Waals surface area contributed by atoms with Crippen LogP contribution in [0.1, 0.15) is 24.3 Å². The van der Waals surface area contributed by atoms with E-state index in [1.807, 2.05) is 38.1 Å². The number of nitrogens with zero attached hydrogens (tertiary/aromatic N) is 2. The van der Waals surface area contributed by atoms with Crippen LogP contribution in [0.15, 0.2) is 24.3 Å². The summed E-state index contributed by atoms with van der Waals surface area (Å²) in [6, 6.07) is 7.51. The lowest BCUT2D eigenvalue weighted by molar-refractivity contribution is -0.120. The fourth-order valence-electron chi connectivity index (χ4n) is 1.84. The maximum absolute atomic E-state index is 12.1. The van der Waals surface area contributed by atoms with Crippen molar-refractivity contribution < 1.29 is 9.59 Å². The second kappa shape index (κ2) is 5.22. The molecule has 2 rings (SSSR count). The summed E-state index contributed by atoms with van der Waals surface area (Å²) >= 11 is 0. The SMILES string of the molecule is CC(C)C(=O)CNC(=O)c1nn(C)c2ccccc12. The second-order valence-corrected chi connectivity index (χ2v) is 4.79. The first kappa shape index (κ1) is 13.3. The third-order valence-corrected chi connectivity index (χ3v) is 3.04. The molecule has 0 aliphatic heterocycles. The molecule has 100 valence electrons. The van der Waals surface area contributed by atoms with Gasteiger partial charge in [-0.2, -0.15) is 5.10 Å². The Balaban J connectivity index is 2.20. The summed E-state index contributed by atoms with van der Waals surface area (Å²) in [5.74, 6) is -0.389. The fourth-order valence-corrected chi connectivity index (χ4v) is 1.84. The molecule has 0 bridgehead atoms. The molecule has 0 saturated carbocycles. The highest BCUT2D eigenvalue weighted by Gasteiger charge is 2.16. The van der Waals surface area contributed by atoms with E-state index in [1.54, 1.807) is 11.7 Å². The van der Waals surface area contributed by atoms with Crippen LogP contribution in [-0.4, -0.2) is 28.0 Å². The zero-order chi connectivity index (χ0) is 14.0. The number of carbonyl (C=O) groups excluding carboxylic acids is 2. The number of amides is 1. The van der Waals surface area contributed by atoms with E-state index in [0.29, 0.717) is 5.69 Å². The minimum Gasteiger partial charge on any atom is -0.344 e. The molecule has 0 saturated heterocycles. The Morgan fingerprint density at radius 3 is 2.68 bits per heavy atom. The van der Waals surface area contributed by atoms with Crippen LogP contribution < -0.4 is 5.32 Å². The van der Waals surface area contributed by atoms with Crippen molar-refractivity contribution in [1.82, 2.24) is 15.1 Å². The number of para-hydroxylation sites is 1. The lowest BCUT2D eigenvalue weighted by Crippen LogP contribution is -2.31. The Morgan fingerprint density at radius 2 is 2.00 bits per heavy atom. The molecule has 0 aliphatic rings. The topological polar surface area (TPSA) is 64.0 Å². The smallest absolute Gasteiger partial charge is 0.272 e. The third-order valence-electron chi connectivity index (χ3n) is 3.04. The number of aromatic nitrogens is 2. The molecule has 5 heteroatoms. The Kier molecular flexibility index (Phi) is 3.64. The Labute approximate surface area is 111 Å². The highest BCUT2D eigenvalue weighted by Crippen LogP contribution is 2.17. The third kappa shape index (κ3) is 2.65. The minimum absolute atomic E-state index is 0.00795. The van der Waals surface area contributed by atoms with Crippen molar-refractivity contribution in [1.29, 1.82) is 0 Å². The van der Waals surface area contributed by atoms with E-state index in [4.69, 9.17) is 0 Å². The van der Waals surface area contributed by atoms with Gasteiger partial charge in [0, 0.05) is 18.4 Å². The number of nitrogens with one attached hydrogen (secondary N) is 1. The van der Waals surface area contributed by atoms with E-state index in [2.05, 4.69) is 10.4 Å². The molecule has 0 radical (unpaired) electrons. The van der Waals surface area contributed by atoms with Crippen LogP contribution in [0.4, 0.5) is 0 Å². The molecule has 0 fully saturated rings. The molecule has 1 aromatic heterocycles. The number of benzene rings is 1. The van der Waals surface area contributed by atoms with Crippen LogP contribution in [0.3, 0.4) is 0 Å². The van der Waals surface area contributed by atoms with E-state index >= 15 is 0 Å². The molecule has 0 unspecified atom stereocenters. The monoisotopic (exact) mass is 259 g/mol. The number of hydrogen-bond acceptors (Lipinski definition) is 3. The Hall–Kier alpha value is -2.17. The molecule has 19 heavy (non-hydrogen) atoms. The van der Waals surface area contributed by atoms with Gasteiger partial charge < -0.3 is 5.32 Å². The Morgan fingerprint density at radius 1 is 1.32 bits per heavy atom. The number of Topliss-reactive ketones (excluding diaryl/α,β-unsaturated/α-hetero) is 1. The van der Waals surface area contributed by atoms with Crippen molar-refractivity contribution >= 4 is 22.6 Å². The van der Waals surface area contributed by atoms with Crippen molar-refractivity contribution in [2.24, 2.45) is 13.0 Å². The van der Waals surface area contributed by atoms with Crippen molar-refractivity contribution in [3.63, 3.8) is 0 Å². The van der Waals surface area contributed by atoms with Crippen molar-refractivity contribution in [3.8, 4) is 0 Å². The fraction of sp³-hybridized carbons (Fsp3) is 0.357. The predicted octanol–water partition coefficient (Wildman–Crippen LogP) is 1.53. The molecule has 1 N–H and O–H groups in total. The second-order valence-electron chi connectivity index (χ2n) is 4.79. The zero-order valence-electron chi connectivity index (χ0n) is 11.3. The molecular formula is C14H17N3O2. The van der Waals surface area contributed by atoms with E-state index in [-0.39, 0.29) is 24.2 Å². The van der Waals surface area contributed by atoms with Gasteiger partial charge >= 0.3 is 0 Å². The van der Waals surface area contributed by atoms with E-state index in [0.717, 1.165) is 10.9 Å². The van der Waals surface area contributed by atoms with Gasteiger partial charge in [0.05, 0.1) is 12.1 Å². The van der Waals surface area contributed by atoms with E-state index in [1.165, 1.54) is 0 Å². The lowest BCUT2D eigenvalue weighted by Gasteiger charge is -2.05. The molecule has 0 aliphatic carbocycles. The van der Waals surface area contributed by atoms with Crippen molar-refractivity contribution in [2.45, 2.75) is 13.8 Å². The maximum Gasteiger partial charge on any atom is 0.272 e. The molecule has 1 aromatic carbocycles. The minimum atomic E-state index is -0.314. The first-order valence-corrected chi connectivity index (χ1v) is 6.23. The average molecular weight is 259 g/mol. The van der Waals surface area contributed by atoms with Gasteiger partial charge in [0.15, 0.2) is 11.5 Å². The summed E-state index contributed by atoms with van der Waals surface area (Å²) in [4.78, 5) is 23.6. The maximum atomic E-state index is 12.1. The molecule has 1 heterocycles. The van der Waals surface area contributed by atoms with Crippen LogP contribution in [0.25, 0.3) is 10.9 Å². The van der Waals surface area contributed by atoms with Crippen molar-refractivity contribution in [2.75, 3.05) is 6.54 Å². The highest BCUT2D eigenvalue weighted by molar-refractivity contribution is 6.05. The zero-order valence-corrected chi connectivity index (χ0v) is 11.3. The summed E-state index contributed by atoms with van der Waals surface area (Å²) < 4.78 is 1.66. The number of ketones is 1. The van der Waals surface area contributed by atoms with E-state index in [9.17, 15) is 9.59 Å². The van der Waals surface area contributed by atoms with E-state index < -0.39 is 0 Å². The first-order valence-electron chi connectivity index (χ1n) is 6.23. The van der Waals surface area contributed by atoms with Crippen molar-refractivity contribution in [3.05, 3.63) is 30.0 Å². The number of aryl methyl sites for hydroxylation is 1. The predicted molar refractivity (Wildman–Crippen MR) is 72.9 cm³/mol. The van der Waals surface area contributed by atoms with Crippen LogP contribution in [0.5, 0.6) is 0 Å². The van der Waals surface area contributed by atoms with Crippen LogP contribution in [0.2, 0.25) is 0 Å². The summed E-state index contributed by atoms with van der Waals surface area (Å²) in [5, 5.41) is 7.62. The van der Waals surface area contributed by atoms with Gasteiger partial charge in [0.1, 0.15) is 0 Å². The Bertz CT molecular complexity index is 629. The lowest BCUT2D eigenvalue weighted by atomic mass is 10.1. The summed E-state index contributed by atoms with van der Waals surface area (Å²) in [6.45, 7) is 3.66. The summed E-state index contributed by atoms with van der Waals surface area (Å²) in [5.41, 5.74) is 1.25. The molecule has 1 amide bonds. The highest BCUT2D eigenvalue weighted by atomic mass is 16.2. The van der Waals surface area contributed by atoms with Gasteiger partial charge in [0.25, 0.3) is 5.91 Å². The van der Waals surface area contributed by atoms with Crippen LogP contribution in [0, 0.1) is 5.92 Å². The molecule has 5 nitrogen and oxygen atoms in total. The van der Waals surface area contributed by atoms with Gasteiger partial charge in [-0.15, -0.1) is 0 Å². The average Bonchev–Trinajstić information content (AvgIpc) is 2.73. The van der Waals surface area contributed by atoms with Gasteiger partial charge in [-0.25, -0.2) is 0 Å². The molecule has 0 spiro atoms. The molecule has 2 aromatic rings. The normalized spacial score (nSPS) is 10.9. The quantitative estimate of drug-likeness (QED) is 0.905. The van der Waals surface area contributed by atoms with Gasteiger partial charge in [-0.3, -0.25) is 14.3 Å².